The summed E-state index contributed by atoms with van der Waals surface area (Å²) in [4.78, 5) is 4.04. The Kier molecular flexibility index (Phi) is 1.88. The van der Waals surface area contributed by atoms with E-state index in [-0.39, 0.29) is 0 Å². The van der Waals surface area contributed by atoms with E-state index in [1.165, 1.54) is 0 Å². The molecular formula is C7H12N2. The maximum absolute atomic E-state index is 4.04. The van der Waals surface area contributed by atoms with Gasteiger partial charge in [-0.05, 0) is 19.9 Å². The van der Waals surface area contributed by atoms with Gasteiger partial charge in [-0.1, -0.05) is 0 Å². The average molecular weight is 124 g/mol. The van der Waals surface area contributed by atoms with Crippen LogP contribution in [0.15, 0.2) is 16.8 Å². The van der Waals surface area contributed by atoms with E-state index in [1.807, 2.05) is 6.21 Å². The van der Waals surface area contributed by atoms with Crippen molar-refractivity contribution >= 4 is 6.21 Å². The monoisotopic (exact) mass is 124 g/mol. The molecule has 0 aromatic carbocycles. The molecule has 0 saturated carbocycles. The number of hydrogen-bond donors (Lipinski definition) is 1. The Morgan fingerprint density at radius 1 is 1.67 bits per heavy atom. The van der Waals surface area contributed by atoms with Crippen LogP contribution in [0.1, 0.15) is 13.8 Å². The molecular weight excluding hydrogens is 112 g/mol. The molecule has 1 heterocycles. The second kappa shape index (κ2) is 2.67. The summed E-state index contributed by atoms with van der Waals surface area (Å²) in [6, 6.07) is 0.515. The molecule has 0 aliphatic carbocycles. The summed E-state index contributed by atoms with van der Waals surface area (Å²) in [7, 11) is 0. The zero-order valence-electron chi connectivity index (χ0n) is 5.89. The molecule has 0 spiro atoms. The third-order valence-corrected chi connectivity index (χ3v) is 1.10. The van der Waals surface area contributed by atoms with Crippen molar-refractivity contribution in [3.8, 4) is 0 Å². The van der Waals surface area contributed by atoms with Crippen molar-refractivity contribution in [3.05, 3.63) is 11.8 Å². The van der Waals surface area contributed by atoms with Gasteiger partial charge in [0.2, 0.25) is 0 Å². The van der Waals surface area contributed by atoms with Gasteiger partial charge in [0.25, 0.3) is 0 Å². The lowest BCUT2D eigenvalue weighted by Crippen LogP contribution is -2.21. The minimum atomic E-state index is 0.515. The molecule has 1 N–H and O–H groups in total. The molecule has 1 aliphatic rings. The van der Waals surface area contributed by atoms with Gasteiger partial charge in [-0.2, -0.15) is 0 Å². The van der Waals surface area contributed by atoms with Crippen LogP contribution in [0.5, 0.6) is 0 Å². The van der Waals surface area contributed by atoms with Crippen molar-refractivity contribution in [1.29, 1.82) is 0 Å². The molecule has 2 nitrogen and oxygen atoms in total. The molecule has 0 bridgehead atoms. The lowest BCUT2D eigenvalue weighted by atomic mass is 10.3. The molecule has 9 heavy (non-hydrogen) atoms. The molecule has 0 unspecified atom stereocenters. The largest absolute Gasteiger partial charge is 0.382 e. The Balaban J connectivity index is 2.35. The molecule has 2 heteroatoms. The van der Waals surface area contributed by atoms with E-state index in [1.54, 1.807) is 0 Å². The van der Waals surface area contributed by atoms with E-state index in [0.29, 0.717) is 6.04 Å². The first-order chi connectivity index (χ1) is 4.29. The molecule has 0 aromatic heterocycles. The lowest BCUT2D eigenvalue weighted by Gasteiger charge is -2.06. The molecule has 0 radical (unpaired) electrons. The zero-order valence-corrected chi connectivity index (χ0v) is 5.89. The van der Waals surface area contributed by atoms with E-state index < -0.39 is 0 Å². The number of nitrogens with zero attached hydrogens (tertiary/aromatic N) is 1. The maximum Gasteiger partial charge on any atom is 0.0594 e. The Morgan fingerprint density at radius 3 is 2.89 bits per heavy atom. The third kappa shape index (κ3) is 1.88. The molecule has 0 aromatic rings. The summed E-state index contributed by atoms with van der Waals surface area (Å²) < 4.78 is 0. The maximum atomic E-state index is 4.04. The van der Waals surface area contributed by atoms with Crippen molar-refractivity contribution in [1.82, 2.24) is 5.32 Å². The summed E-state index contributed by atoms with van der Waals surface area (Å²) in [5.41, 5.74) is 1.16. The molecule has 1 rings (SSSR count). The van der Waals surface area contributed by atoms with Crippen LogP contribution in [0, 0.1) is 0 Å². The quantitative estimate of drug-likeness (QED) is 0.582. The zero-order chi connectivity index (χ0) is 6.69. The summed E-state index contributed by atoms with van der Waals surface area (Å²) in [6.45, 7) is 5.08. The van der Waals surface area contributed by atoms with Crippen molar-refractivity contribution in [2.45, 2.75) is 19.9 Å². The minimum absolute atomic E-state index is 0.515. The highest BCUT2D eigenvalue weighted by Gasteiger charge is 1.97. The van der Waals surface area contributed by atoms with Gasteiger partial charge in [-0.3, -0.25) is 4.99 Å². The normalized spacial score (nSPS) is 16.6. The number of hydrogen-bond acceptors (Lipinski definition) is 2. The van der Waals surface area contributed by atoms with Crippen LogP contribution < -0.4 is 5.32 Å². The number of aliphatic imine (C=N–C) groups is 1. The van der Waals surface area contributed by atoms with Gasteiger partial charge in [0.1, 0.15) is 0 Å². The van der Waals surface area contributed by atoms with Crippen LogP contribution in [0.4, 0.5) is 0 Å². The van der Waals surface area contributed by atoms with E-state index in [4.69, 9.17) is 0 Å². The van der Waals surface area contributed by atoms with Gasteiger partial charge in [0.05, 0.1) is 12.2 Å². The van der Waals surface area contributed by atoms with Crippen molar-refractivity contribution < 1.29 is 0 Å². The van der Waals surface area contributed by atoms with Gasteiger partial charge in [-0.15, -0.1) is 0 Å². The highest BCUT2D eigenvalue weighted by molar-refractivity contribution is 5.80. The molecule has 0 atom stereocenters. The fourth-order valence-corrected chi connectivity index (χ4v) is 0.784. The fourth-order valence-electron chi connectivity index (χ4n) is 0.784. The SMILES string of the molecule is CC(C)NC1=CCN=C1. The number of nitrogens with one attached hydrogen (secondary N) is 1. The van der Waals surface area contributed by atoms with Gasteiger partial charge < -0.3 is 5.32 Å². The van der Waals surface area contributed by atoms with Crippen molar-refractivity contribution in [2.24, 2.45) is 4.99 Å². The molecule has 0 fully saturated rings. The first-order valence-corrected chi connectivity index (χ1v) is 3.25. The minimum Gasteiger partial charge on any atom is -0.382 e. The molecule has 50 valence electrons. The number of allylic oxidation sites excluding steroid dienone is 1. The summed E-state index contributed by atoms with van der Waals surface area (Å²) in [5, 5.41) is 3.25. The summed E-state index contributed by atoms with van der Waals surface area (Å²) >= 11 is 0. The summed E-state index contributed by atoms with van der Waals surface area (Å²) in [5.74, 6) is 0. The van der Waals surface area contributed by atoms with Crippen LogP contribution in [-0.2, 0) is 0 Å². The van der Waals surface area contributed by atoms with Gasteiger partial charge in [0.15, 0.2) is 0 Å². The predicted molar refractivity (Wildman–Crippen MR) is 39.7 cm³/mol. The predicted octanol–water partition coefficient (Wildman–Crippen LogP) is 0.953. The van der Waals surface area contributed by atoms with Crippen molar-refractivity contribution in [2.75, 3.05) is 6.54 Å². The van der Waals surface area contributed by atoms with Crippen LogP contribution >= 0.6 is 0 Å². The van der Waals surface area contributed by atoms with E-state index in [0.717, 1.165) is 12.2 Å². The fraction of sp³-hybridized carbons (Fsp3) is 0.571. The Labute approximate surface area is 55.7 Å². The van der Waals surface area contributed by atoms with E-state index in [9.17, 15) is 0 Å². The first kappa shape index (κ1) is 6.33. The highest BCUT2D eigenvalue weighted by atomic mass is 14.9. The van der Waals surface area contributed by atoms with E-state index >= 15 is 0 Å². The van der Waals surface area contributed by atoms with Crippen LogP contribution in [0.3, 0.4) is 0 Å². The summed E-state index contributed by atoms with van der Waals surface area (Å²) in [6.07, 6.45) is 3.96. The lowest BCUT2D eigenvalue weighted by molar-refractivity contribution is 0.690. The van der Waals surface area contributed by atoms with Crippen molar-refractivity contribution in [3.63, 3.8) is 0 Å². The van der Waals surface area contributed by atoms with Gasteiger partial charge in [-0.25, -0.2) is 0 Å². The van der Waals surface area contributed by atoms with Crippen LogP contribution in [0.25, 0.3) is 0 Å². The Hall–Kier alpha value is -0.790. The Bertz CT molecular complexity index is 145. The van der Waals surface area contributed by atoms with Crippen LogP contribution in [-0.4, -0.2) is 18.8 Å². The molecule has 1 aliphatic heterocycles. The second-order valence-corrected chi connectivity index (χ2v) is 2.45. The molecule has 0 amide bonds. The second-order valence-electron chi connectivity index (χ2n) is 2.45. The average Bonchev–Trinajstić information content (AvgIpc) is 2.15. The standard InChI is InChI=1S/C7H12N2/c1-6(2)9-7-3-4-8-5-7/h3,5-6,9H,4H2,1-2H3. The number of rotatable bonds is 2. The van der Waals surface area contributed by atoms with Crippen LogP contribution in [0.2, 0.25) is 0 Å². The van der Waals surface area contributed by atoms with E-state index in [2.05, 4.69) is 30.2 Å². The smallest absolute Gasteiger partial charge is 0.0594 e. The topological polar surface area (TPSA) is 24.4 Å². The van der Waals surface area contributed by atoms with Gasteiger partial charge >= 0.3 is 0 Å². The van der Waals surface area contributed by atoms with Gasteiger partial charge in [0, 0.05) is 12.3 Å². The first-order valence-electron chi connectivity index (χ1n) is 3.25. The molecule has 0 saturated heterocycles. The Morgan fingerprint density at radius 2 is 2.44 bits per heavy atom. The highest BCUT2D eigenvalue weighted by Crippen LogP contribution is 1.95. The third-order valence-electron chi connectivity index (χ3n) is 1.10.